The van der Waals surface area contributed by atoms with Gasteiger partial charge in [0.25, 0.3) is 5.91 Å². The lowest BCUT2D eigenvalue weighted by Gasteiger charge is -2.18. The number of ether oxygens (including phenoxy) is 1. The van der Waals surface area contributed by atoms with Crippen LogP contribution in [0, 0.1) is 0 Å². The average molecular weight is 503 g/mol. The Bertz CT molecular complexity index is 1310. The van der Waals surface area contributed by atoms with E-state index in [1.165, 1.54) is 11.8 Å². The first kappa shape index (κ1) is 24.4. The number of halogens is 1. The topological polar surface area (TPSA) is 67.4 Å². The van der Waals surface area contributed by atoms with E-state index in [4.69, 9.17) is 16.3 Å². The van der Waals surface area contributed by atoms with Crippen LogP contribution < -0.4 is 15.4 Å². The maximum Gasteiger partial charge on any atom is 0.255 e. The third-order valence-corrected chi connectivity index (χ3v) is 6.61. The van der Waals surface area contributed by atoms with Gasteiger partial charge in [0, 0.05) is 26.9 Å². The van der Waals surface area contributed by atoms with Crippen LogP contribution in [-0.2, 0) is 4.79 Å². The molecule has 0 fully saturated rings. The fourth-order valence-electron chi connectivity index (χ4n) is 3.40. The van der Waals surface area contributed by atoms with Crippen molar-refractivity contribution in [2.75, 3.05) is 17.7 Å². The van der Waals surface area contributed by atoms with Gasteiger partial charge in [-0.05, 0) is 66.2 Å². The summed E-state index contributed by atoms with van der Waals surface area (Å²) < 4.78 is 5.19. The number of rotatable bonds is 8. The highest BCUT2D eigenvalue weighted by Gasteiger charge is 2.22. The van der Waals surface area contributed by atoms with Crippen LogP contribution in [0.3, 0.4) is 0 Å². The van der Waals surface area contributed by atoms with E-state index in [2.05, 4.69) is 10.6 Å². The molecule has 7 heteroatoms. The maximum atomic E-state index is 13.3. The van der Waals surface area contributed by atoms with E-state index < -0.39 is 5.25 Å². The number of nitrogens with one attached hydrogen (secondary N) is 2. The quantitative estimate of drug-likeness (QED) is 0.253. The van der Waals surface area contributed by atoms with Gasteiger partial charge in [0.2, 0.25) is 5.91 Å². The van der Waals surface area contributed by atoms with Crippen LogP contribution in [0.2, 0.25) is 5.02 Å². The minimum Gasteiger partial charge on any atom is -0.497 e. The zero-order valence-corrected chi connectivity index (χ0v) is 20.5. The number of hydrogen-bond acceptors (Lipinski definition) is 4. The number of amides is 2. The molecule has 4 aromatic rings. The zero-order valence-electron chi connectivity index (χ0n) is 18.9. The van der Waals surface area contributed by atoms with E-state index in [9.17, 15) is 9.59 Å². The first-order chi connectivity index (χ1) is 17.0. The molecule has 0 aromatic heterocycles. The number of hydrogen-bond donors (Lipinski definition) is 2. The number of carbonyl (C=O) groups excluding carboxylic acids is 2. The number of carbonyl (C=O) groups is 2. The van der Waals surface area contributed by atoms with Crippen LogP contribution in [0.15, 0.2) is 108 Å². The van der Waals surface area contributed by atoms with Crippen LogP contribution in [0.25, 0.3) is 0 Å². The summed E-state index contributed by atoms with van der Waals surface area (Å²) in [5.74, 6) is 0.305. The van der Waals surface area contributed by atoms with Crippen molar-refractivity contribution in [2.45, 2.75) is 10.1 Å². The minimum absolute atomic E-state index is 0.153. The molecule has 4 rings (SSSR count). The summed E-state index contributed by atoms with van der Waals surface area (Å²) in [6.45, 7) is 0. The summed E-state index contributed by atoms with van der Waals surface area (Å²) in [6, 6.07) is 31.0. The molecule has 2 N–H and O–H groups in total. The summed E-state index contributed by atoms with van der Waals surface area (Å²) in [6.07, 6.45) is 0. The highest BCUT2D eigenvalue weighted by Crippen LogP contribution is 2.37. The van der Waals surface area contributed by atoms with Gasteiger partial charge in [0.05, 0.1) is 7.11 Å². The SMILES string of the molecule is COc1ccc(NC(=O)C(Sc2cccc(NC(=O)c3cccc(Cl)c3)c2)c2ccccc2)cc1. The molecule has 2 amide bonds. The van der Waals surface area contributed by atoms with Gasteiger partial charge in [-0.25, -0.2) is 0 Å². The van der Waals surface area contributed by atoms with Gasteiger partial charge in [0.15, 0.2) is 0 Å². The Morgan fingerprint density at radius 2 is 1.54 bits per heavy atom. The monoisotopic (exact) mass is 502 g/mol. The smallest absolute Gasteiger partial charge is 0.255 e. The molecule has 0 saturated carbocycles. The fourth-order valence-corrected chi connectivity index (χ4v) is 4.67. The van der Waals surface area contributed by atoms with Gasteiger partial charge >= 0.3 is 0 Å². The van der Waals surface area contributed by atoms with E-state index in [-0.39, 0.29) is 11.8 Å². The molecule has 0 aliphatic carbocycles. The van der Waals surface area contributed by atoms with Crippen molar-refractivity contribution in [1.82, 2.24) is 0 Å². The summed E-state index contributed by atoms with van der Waals surface area (Å²) in [5.41, 5.74) is 2.65. The van der Waals surface area contributed by atoms with Crippen LogP contribution in [0.5, 0.6) is 5.75 Å². The molecule has 4 aromatic carbocycles. The Morgan fingerprint density at radius 3 is 2.26 bits per heavy atom. The molecule has 5 nitrogen and oxygen atoms in total. The van der Waals surface area contributed by atoms with Crippen molar-refractivity contribution in [2.24, 2.45) is 0 Å². The van der Waals surface area contributed by atoms with Gasteiger partial charge in [-0.15, -0.1) is 11.8 Å². The van der Waals surface area contributed by atoms with Crippen molar-refractivity contribution in [3.8, 4) is 5.75 Å². The second kappa shape index (κ2) is 11.6. The predicted molar refractivity (Wildman–Crippen MR) is 143 cm³/mol. The summed E-state index contributed by atoms with van der Waals surface area (Å²) >= 11 is 7.42. The van der Waals surface area contributed by atoms with E-state index in [0.717, 1.165) is 10.5 Å². The van der Waals surface area contributed by atoms with Crippen LogP contribution in [-0.4, -0.2) is 18.9 Å². The van der Waals surface area contributed by atoms with Crippen molar-refractivity contribution < 1.29 is 14.3 Å². The van der Waals surface area contributed by atoms with Crippen molar-refractivity contribution >= 4 is 46.6 Å². The van der Waals surface area contributed by atoms with Gasteiger partial charge in [-0.2, -0.15) is 0 Å². The normalized spacial score (nSPS) is 11.4. The Morgan fingerprint density at radius 1 is 0.800 bits per heavy atom. The van der Waals surface area contributed by atoms with Gasteiger partial charge < -0.3 is 15.4 Å². The van der Waals surface area contributed by atoms with Crippen molar-refractivity contribution in [1.29, 1.82) is 0 Å². The summed E-state index contributed by atoms with van der Waals surface area (Å²) in [5, 5.41) is 5.88. The highest BCUT2D eigenvalue weighted by molar-refractivity contribution is 8.00. The molecular formula is C28H23ClN2O3S. The van der Waals surface area contributed by atoms with Gasteiger partial charge in [-0.3, -0.25) is 9.59 Å². The lowest BCUT2D eigenvalue weighted by atomic mass is 10.1. The molecule has 1 unspecified atom stereocenters. The molecule has 0 aliphatic rings. The lowest BCUT2D eigenvalue weighted by molar-refractivity contribution is -0.115. The standard InChI is InChI=1S/C28H23ClN2O3S/c1-34-24-15-13-22(14-16-24)30-28(33)26(19-7-3-2-4-8-19)35-25-12-6-11-23(18-25)31-27(32)20-9-5-10-21(29)17-20/h2-18,26H,1H3,(H,30,33)(H,31,32). The molecular weight excluding hydrogens is 480 g/mol. The second-order valence-electron chi connectivity index (χ2n) is 7.62. The number of methoxy groups -OCH3 is 1. The van der Waals surface area contributed by atoms with E-state index in [1.54, 1.807) is 55.6 Å². The van der Waals surface area contributed by atoms with E-state index in [1.807, 2.05) is 54.6 Å². The molecule has 0 heterocycles. The van der Waals surface area contributed by atoms with Gasteiger partial charge in [-0.1, -0.05) is 54.1 Å². The lowest BCUT2D eigenvalue weighted by Crippen LogP contribution is -2.19. The summed E-state index contributed by atoms with van der Waals surface area (Å²) in [7, 11) is 1.60. The predicted octanol–water partition coefficient (Wildman–Crippen LogP) is 7.07. The average Bonchev–Trinajstić information content (AvgIpc) is 2.88. The molecule has 0 radical (unpaired) electrons. The van der Waals surface area contributed by atoms with Crippen LogP contribution in [0.4, 0.5) is 11.4 Å². The molecule has 0 aliphatic heterocycles. The fraction of sp³-hybridized carbons (Fsp3) is 0.0714. The molecule has 0 saturated heterocycles. The Labute approximate surface area is 213 Å². The number of thioether (sulfide) groups is 1. The third kappa shape index (κ3) is 6.66. The second-order valence-corrected chi connectivity index (χ2v) is 9.23. The van der Waals surface area contributed by atoms with Crippen molar-refractivity contribution in [3.05, 3.63) is 119 Å². The summed E-state index contributed by atoms with van der Waals surface area (Å²) in [4.78, 5) is 26.8. The Hall–Kier alpha value is -3.74. The number of benzene rings is 4. The third-order valence-electron chi connectivity index (χ3n) is 5.13. The molecule has 0 bridgehead atoms. The Balaban J connectivity index is 1.53. The first-order valence-electron chi connectivity index (χ1n) is 10.9. The van der Waals surface area contributed by atoms with E-state index in [0.29, 0.717) is 27.7 Å². The largest absolute Gasteiger partial charge is 0.497 e. The maximum absolute atomic E-state index is 13.3. The van der Waals surface area contributed by atoms with Crippen LogP contribution in [0.1, 0.15) is 21.2 Å². The Kier molecular flexibility index (Phi) is 8.08. The molecule has 176 valence electrons. The highest BCUT2D eigenvalue weighted by atomic mass is 35.5. The minimum atomic E-state index is -0.503. The van der Waals surface area contributed by atoms with Crippen LogP contribution >= 0.6 is 23.4 Å². The number of anilines is 2. The molecule has 1 atom stereocenters. The van der Waals surface area contributed by atoms with E-state index >= 15 is 0 Å². The van der Waals surface area contributed by atoms with Crippen molar-refractivity contribution in [3.63, 3.8) is 0 Å². The van der Waals surface area contributed by atoms with Gasteiger partial charge in [0.1, 0.15) is 11.0 Å². The first-order valence-corrected chi connectivity index (χ1v) is 12.1. The molecule has 35 heavy (non-hydrogen) atoms. The molecule has 0 spiro atoms. The zero-order chi connectivity index (χ0) is 24.6.